The first kappa shape index (κ1) is 59.3. The molecular weight excluding hydrogens is 765 g/mol. The van der Waals surface area contributed by atoms with Gasteiger partial charge in [-0.2, -0.15) is 0 Å². The van der Waals surface area contributed by atoms with E-state index in [1.54, 1.807) is 9.80 Å². The summed E-state index contributed by atoms with van der Waals surface area (Å²) in [6, 6.07) is 21.9. The van der Waals surface area contributed by atoms with Gasteiger partial charge in [-0.25, -0.2) is 0 Å². The maximum atomic E-state index is 9.77. The minimum atomic E-state index is -1.14. The zero-order valence-electron chi connectivity index (χ0n) is 41.3. The average molecular weight is 865 g/mol. The summed E-state index contributed by atoms with van der Waals surface area (Å²) in [6.07, 6.45) is 46.4. The van der Waals surface area contributed by atoms with Crippen LogP contribution in [0.3, 0.4) is 0 Å². The Morgan fingerprint density at radius 3 is 0.742 bits per heavy atom. The molecule has 0 saturated heterocycles. The molecule has 0 saturated carbocycles. The van der Waals surface area contributed by atoms with E-state index in [0.717, 1.165) is 0 Å². The Hall–Kier alpha value is -2.70. The van der Waals surface area contributed by atoms with Crippen molar-refractivity contribution in [3.05, 3.63) is 71.8 Å². The minimum absolute atomic E-state index is 0.0761. The molecule has 2 rings (SSSR count). The Labute approximate surface area is 384 Å². The largest absolute Gasteiger partial charge is 0.550 e. The van der Waals surface area contributed by atoms with Gasteiger partial charge in [0.15, 0.2) is 0 Å². The summed E-state index contributed by atoms with van der Waals surface area (Å²) in [5.74, 6) is -2.28. The maximum Gasteiger partial charge on any atom is 0.0766 e. The summed E-state index contributed by atoms with van der Waals surface area (Å²) >= 11 is 0. The van der Waals surface area contributed by atoms with Crippen LogP contribution in [0.4, 0.5) is 0 Å². The van der Waals surface area contributed by atoms with E-state index in [2.05, 4.69) is 88.9 Å². The lowest BCUT2D eigenvalue weighted by Gasteiger charge is -2.06. The molecule has 0 aliphatic heterocycles. The monoisotopic (exact) mass is 865 g/mol. The van der Waals surface area contributed by atoms with E-state index in [0.29, 0.717) is 12.8 Å². The van der Waals surface area contributed by atoms with Crippen molar-refractivity contribution in [1.29, 1.82) is 0 Å². The van der Waals surface area contributed by atoms with Crippen molar-refractivity contribution in [1.82, 2.24) is 0 Å². The zero-order chi connectivity index (χ0) is 45.4. The summed E-state index contributed by atoms with van der Waals surface area (Å²) in [5.41, 5.74) is 3.00. The number of hydrogen-bond acceptors (Lipinski definition) is 4. The smallest absolute Gasteiger partial charge is 0.0766 e. The van der Waals surface area contributed by atoms with E-state index in [4.69, 9.17) is 0 Å². The molecule has 2 aromatic rings. The van der Waals surface area contributed by atoms with Gasteiger partial charge in [0, 0.05) is 11.9 Å². The van der Waals surface area contributed by atoms with E-state index in [9.17, 15) is 19.8 Å². The molecule has 0 spiro atoms. The molecule has 0 atom stereocenters. The molecule has 0 amide bonds. The van der Waals surface area contributed by atoms with Crippen molar-refractivity contribution >= 4 is 11.9 Å². The van der Waals surface area contributed by atoms with Gasteiger partial charge in [-0.1, -0.05) is 215 Å². The summed E-state index contributed by atoms with van der Waals surface area (Å²) in [6.45, 7) is 2.68. The lowest BCUT2D eigenvalue weighted by Crippen LogP contribution is -3.05. The quantitative estimate of drug-likeness (QED) is 0.0652. The van der Waals surface area contributed by atoms with E-state index in [1.807, 2.05) is 0 Å². The normalized spacial score (nSPS) is 11.0. The molecule has 6 nitrogen and oxygen atoms in total. The topological polar surface area (TPSA) is 89.1 Å². The summed E-state index contributed by atoms with van der Waals surface area (Å²) in [5, 5.41) is 19.5. The van der Waals surface area contributed by atoms with Gasteiger partial charge in [0.25, 0.3) is 0 Å². The number of carbonyl (C=O) groups excluding carboxylic acids is 2. The van der Waals surface area contributed by atoms with Crippen LogP contribution in [-0.2, 0) is 22.4 Å². The van der Waals surface area contributed by atoms with Crippen LogP contribution < -0.4 is 20.0 Å². The standard InChI is InChI=1S/2C25H45N.C6H10O4/c2*1-26(2)24-20-15-13-11-9-7-5-3-4-6-8-10-12-14-17-21-25-22-18-16-19-23-25;7-5(8)3-1-2-4-6(9)10/h2*16,18-19,22-23H,3-15,17,20-21,24H2,1-2H3;1-4H2,(H,7,8)(H,9,10). The van der Waals surface area contributed by atoms with Gasteiger partial charge >= 0.3 is 0 Å². The van der Waals surface area contributed by atoms with Crippen LogP contribution in [0.2, 0.25) is 0 Å². The van der Waals surface area contributed by atoms with Crippen molar-refractivity contribution in [2.24, 2.45) is 0 Å². The third-order valence-electron chi connectivity index (χ3n) is 12.0. The molecule has 0 aromatic heterocycles. The molecule has 0 unspecified atom stereocenters. The zero-order valence-corrected chi connectivity index (χ0v) is 41.3. The number of nitrogens with one attached hydrogen (secondary N) is 2. The highest BCUT2D eigenvalue weighted by Crippen LogP contribution is 2.16. The SMILES string of the molecule is C[NH+](C)CCCCCCCCCCCCCCCCCc1ccccc1.C[NH+](C)CCCCCCCCCCCCCCCCCc1ccccc1.O=C([O-])CCCCC(=O)[O-]. The number of unbranched alkanes of at least 4 members (excludes halogenated alkanes) is 29. The fourth-order valence-corrected chi connectivity index (χ4v) is 8.04. The molecule has 0 bridgehead atoms. The first-order valence-electron chi connectivity index (χ1n) is 26.3. The van der Waals surface area contributed by atoms with E-state index in [1.165, 1.54) is 230 Å². The van der Waals surface area contributed by atoms with Crippen molar-refractivity contribution in [2.75, 3.05) is 41.3 Å². The third kappa shape index (κ3) is 50.0. The van der Waals surface area contributed by atoms with Gasteiger partial charge in [0.05, 0.1) is 41.3 Å². The third-order valence-corrected chi connectivity index (χ3v) is 12.0. The fourth-order valence-electron chi connectivity index (χ4n) is 8.04. The highest BCUT2D eigenvalue weighted by atomic mass is 16.4. The second-order valence-corrected chi connectivity index (χ2v) is 18.9. The first-order valence-corrected chi connectivity index (χ1v) is 26.3. The molecule has 0 aliphatic rings. The predicted molar refractivity (Wildman–Crippen MR) is 263 cm³/mol. The molecule has 0 fully saturated rings. The van der Waals surface area contributed by atoms with Crippen LogP contribution in [0, 0.1) is 0 Å². The second kappa shape index (κ2) is 47.8. The van der Waals surface area contributed by atoms with Gasteiger partial charge in [0.2, 0.25) is 0 Å². The second-order valence-electron chi connectivity index (χ2n) is 18.9. The van der Waals surface area contributed by atoms with E-state index in [-0.39, 0.29) is 12.8 Å². The van der Waals surface area contributed by atoms with Gasteiger partial charge in [-0.3, -0.25) is 0 Å². The van der Waals surface area contributed by atoms with E-state index >= 15 is 0 Å². The number of carbonyl (C=O) groups is 2. The Balaban J connectivity index is 0.000000987. The van der Waals surface area contributed by atoms with Crippen molar-refractivity contribution < 1.29 is 29.6 Å². The number of aryl methyl sites for hydroxylation is 2. The Bertz CT molecular complexity index is 1100. The molecule has 0 aliphatic carbocycles. The number of aliphatic carboxylic acids is 2. The number of hydrogen-bond donors (Lipinski definition) is 2. The summed E-state index contributed by atoms with van der Waals surface area (Å²) in [4.78, 5) is 22.7. The van der Waals surface area contributed by atoms with Gasteiger partial charge in [-0.15, -0.1) is 0 Å². The molecule has 358 valence electrons. The van der Waals surface area contributed by atoms with Crippen LogP contribution >= 0.6 is 0 Å². The molecule has 0 heterocycles. The van der Waals surface area contributed by atoms with Crippen LogP contribution in [0.25, 0.3) is 0 Å². The lowest BCUT2D eigenvalue weighted by molar-refractivity contribution is -0.858. The highest BCUT2D eigenvalue weighted by Gasteiger charge is 1.99. The van der Waals surface area contributed by atoms with Crippen LogP contribution in [0.15, 0.2) is 60.7 Å². The number of rotatable bonds is 41. The Morgan fingerprint density at radius 1 is 0.323 bits per heavy atom. The number of carboxylic acid groups (broad SMARTS) is 2. The van der Waals surface area contributed by atoms with Crippen molar-refractivity contribution in [3.8, 4) is 0 Å². The van der Waals surface area contributed by atoms with Gasteiger partial charge in [0.1, 0.15) is 0 Å². The Morgan fingerprint density at radius 2 is 0.532 bits per heavy atom. The molecular formula is C56H100N2O4. The van der Waals surface area contributed by atoms with Crippen LogP contribution in [0.1, 0.15) is 229 Å². The van der Waals surface area contributed by atoms with Crippen LogP contribution in [0.5, 0.6) is 0 Å². The van der Waals surface area contributed by atoms with Crippen molar-refractivity contribution in [2.45, 2.75) is 231 Å². The lowest BCUT2D eigenvalue weighted by atomic mass is 10.0. The fraction of sp³-hybridized carbons (Fsp3) is 0.750. The summed E-state index contributed by atoms with van der Waals surface area (Å²) < 4.78 is 0. The number of benzene rings is 2. The van der Waals surface area contributed by atoms with Crippen LogP contribution in [-0.4, -0.2) is 53.2 Å². The minimum Gasteiger partial charge on any atom is -0.550 e. The molecule has 0 radical (unpaired) electrons. The number of quaternary nitrogens is 2. The highest BCUT2D eigenvalue weighted by molar-refractivity contribution is 5.65. The maximum absolute atomic E-state index is 9.77. The van der Waals surface area contributed by atoms with E-state index < -0.39 is 11.9 Å². The Kier molecular flexibility index (Phi) is 45.7. The predicted octanol–water partition coefficient (Wildman–Crippen LogP) is 10.5. The first-order chi connectivity index (χ1) is 30.2. The molecule has 62 heavy (non-hydrogen) atoms. The number of carboxylic acids is 2. The molecule has 2 aromatic carbocycles. The van der Waals surface area contributed by atoms with Crippen molar-refractivity contribution in [3.63, 3.8) is 0 Å². The van der Waals surface area contributed by atoms with Gasteiger partial charge < -0.3 is 29.6 Å². The molecule has 6 heteroatoms. The van der Waals surface area contributed by atoms with Gasteiger partial charge in [-0.05, 0) is 88.2 Å². The summed E-state index contributed by atoms with van der Waals surface area (Å²) in [7, 11) is 9.02. The average Bonchev–Trinajstić information content (AvgIpc) is 3.25. The molecule has 2 N–H and O–H groups in total.